The standard InChI is InChI=1S/C32H41ClN10O3S/c1-21-18-26(28(46-4)19-27(21)43-12-8-22(9-13-43)42-16-14-40(2)15-17-42)38-32-36-20-23(33)31(39-32)37-25-7-6-24-29(35-11-10-34-24)30(25)41(3)47(5,44)45/h6-7,10-11,18-20,22H,8-9,12-17H2,1-5H3,(H2,36,37,38,39). The smallest absolute Gasteiger partial charge is 0.232 e. The topological polar surface area (TPSA) is 132 Å². The van der Waals surface area contributed by atoms with E-state index in [1.807, 2.05) is 6.07 Å². The van der Waals surface area contributed by atoms with Crippen molar-refractivity contribution in [2.24, 2.45) is 0 Å². The van der Waals surface area contributed by atoms with Crippen LogP contribution in [0.1, 0.15) is 18.4 Å². The molecule has 2 aromatic heterocycles. The maximum atomic E-state index is 12.6. The molecule has 0 saturated carbocycles. The number of aryl methyl sites for hydroxylation is 1. The molecule has 250 valence electrons. The van der Waals surface area contributed by atoms with E-state index in [9.17, 15) is 8.42 Å². The largest absolute Gasteiger partial charge is 0.494 e. The van der Waals surface area contributed by atoms with Crippen molar-refractivity contribution in [1.29, 1.82) is 0 Å². The predicted molar refractivity (Wildman–Crippen MR) is 188 cm³/mol. The summed E-state index contributed by atoms with van der Waals surface area (Å²) in [5, 5.41) is 6.73. The number of fused-ring (bicyclic) bond motifs is 1. The van der Waals surface area contributed by atoms with E-state index < -0.39 is 10.0 Å². The molecule has 6 rings (SSSR count). The van der Waals surface area contributed by atoms with Gasteiger partial charge in [0.1, 0.15) is 22.0 Å². The molecule has 0 spiro atoms. The van der Waals surface area contributed by atoms with Gasteiger partial charge in [0.25, 0.3) is 0 Å². The van der Waals surface area contributed by atoms with Gasteiger partial charge in [0.2, 0.25) is 16.0 Å². The highest BCUT2D eigenvalue weighted by atomic mass is 35.5. The van der Waals surface area contributed by atoms with Gasteiger partial charge in [-0.3, -0.25) is 19.2 Å². The second kappa shape index (κ2) is 13.6. The first-order valence-corrected chi connectivity index (χ1v) is 17.8. The molecule has 2 N–H and O–H groups in total. The molecule has 2 aromatic carbocycles. The quantitative estimate of drug-likeness (QED) is 0.258. The van der Waals surface area contributed by atoms with Gasteiger partial charge in [-0.25, -0.2) is 13.4 Å². The van der Waals surface area contributed by atoms with E-state index in [-0.39, 0.29) is 16.8 Å². The minimum absolute atomic E-state index is 0.251. The molecule has 0 radical (unpaired) electrons. The molecule has 0 unspecified atom stereocenters. The Balaban J connectivity index is 1.22. The Labute approximate surface area is 281 Å². The summed E-state index contributed by atoms with van der Waals surface area (Å²) in [6.45, 7) is 8.67. The van der Waals surface area contributed by atoms with E-state index in [0.29, 0.717) is 39.9 Å². The third-order valence-electron chi connectivity index (χ3n) is 9.05. The number of nitrogens with one attached hydrogen (secondary N) is 2. The van der Waals surface area contributed by atoms with Gasteiger partial charge in [0.05, 0.1) is 36.5 Å². The number of benzene rings is 2. The number of hydrogen-bond acceptors (Lipinski definition) is 12. The Morgan fingerprint density at radius 2 is 1.70 bits per heavy atom. The van der Waals surface area contributed by atoms with Crippen LogP contribution in [0.15, 0.2) is 42.9 Å². The summed E-state index contributed by atoms with van der Waals surface area (Å²) < 4.78 is 32.1. The molecule has 2 aliphatic heterocycles. The molecule has 0 aliphatic carbocycles. The zero-order valence-corrected chi connectivity index (χ0v) is 28.9. The van der Waals surface area contributed by atoms with Crippen LogP contribution >= 0.6 is 11.6 Å². The highest BCUT2D eigenvalue weighted by Crippen LogP contribution is 2.38. The molecule has 13 nitrogen and oxygen atoms in total. The molecule has 0 atom stereocenters. The monoisotopic (exact) mass is 680 g/mol. The number of halogens is 1. The third kappa shape index (κ3) is 7.15. The second-order valence-corrected chi connectivity index (χ2v) is 14.6. The molecule has 2 saturated heterocycles. The number of piperidine rings is 1. The van der Waals surface area contributed by atoms with E-state index in [4.69, 9.17) is 16.3 Å². The first-order valence-electron chi connectivity index (χ1n) is 15.6. The zero-order chi connectivity index (χ0) is 33.3. The Bertz CT molecular complexity index is 1860. The van der Waals surface area contributed by atoms with Crippen molar-refractivity contribution in [2.75, 3.05) is 86.6 Å². The minimum atomic E-state index is -3.63. The highest BCUT2D eigenvalue weighted by Gasteiger charge is 2.28. The first-order chi connectivity index (χ1) is 22.5. The van der Waals surface area contributed by atoms with Crippen molar-refractivity contribution in [1.82, 2.24) is 29.7 Å². The van der Waals surface area contributed by atoms with Gasteiger partial charge in [-0.2, -0.15) is 4.98 Å². The number of rotatable bonds is 9. The maximum Gasteiger partial charge on any atom is 0.232 e. The fraction of sp³-hybridized carbons (Fsp3) is 0.438. The number of piperazine rings is 1. The van der Waals surface area contributed by atoms with Crippen LogP contribution < -0.4 is 24.6 Å². The molecular formula is C32H41ClN10O3S. The number of aromatic nitrogens is 4. The van der Waals surface area contributed by atoms with Crippen LogP contribution in [0.5, 0.6) is 5.75 Å². The summed E-state index contributed by atoms with van der Waals surface area (Å²) in [5.41, 5.74) is 4.71. The average Bonchev–Trinajstić information content (AvgIpc) is 3.06. The molecule has 2 fully saturated rings. The number of likely N-dealkylation sites (N-methyl/N-ethyl adjacent to an activating group) is 1. The van der Waals surface area contributed by atoms with Crippen molar-refractivity contribution < 1.29 is 13.2 Å². The lowest BCUT2D eigenvalue weighted by Gasteiger charge is -2.43. The average molecular weight is 681 g/mol. The summed E-state index contributed by atoms with van der Waals surface area (Å²) in [6, 6.07) is 8.24. The van der Waals surface area contributed by atoms with Crippen LogP contribution in [-0.2, 0) is 10.0 Å². The van der Waals surface area contributed by atoms with E-state index in [1.165, 1.54) is 19.4 Å². The van der Waals surface area contributed by atoms with Crippen molar-refractivity contribution in [3.63, 3.8) is 0 Å². The lowest BCUT2D eigenvalue weighted by Crippen LogP contribution is -2.52. The molecule has 0 bridgehead atoms. The van der Waals surface area contributed by atoms with E-state index in [0.717, 1.165) is 73.9 Å². The molecule has 4 aromatic rings. The Kier molecular flexibility index (Phi) is 9.55. The van der Waals surface area contributed by atoms with Crippen molar-refractivity contribution in [2.45, 2.75) is 25.8 Å². The Hall–Kier alpha value is -3.98. The minimum Gasteiger partial charge on any atom is -0.494 e. The summed E-state index contributed by atoms with van der Waals surface area (Å²) in [5.74, 6) is 1.24. The first kappa shape index (κ1) is 32.9. The number of hydrogen-bond donors (Lipinski definition) is 2. The van der Waals surface area contributed by atoms with Gasteiger partial charge in [-0.1, -0.05) is 11.6 Å². The van der Waals surface area contributed by atoms with Crippen LogP contribution in [0.4, 0.5) is 34.5 Å². The van der Waals surface area contributed by atoms with Crippen LogP contribution in [0.3, 0.4) is 0 Å². The predicted octanol–water partition coefficient (Wildman–Crippen LogP) is 4.49. The summed E-state index contributed by atoms with van der Waals surface area (Å²) in [7, 11) is 1.68. The molecule has 47 heavy (non-hydrogen) atoms. The zero-order valence-electron chi connectivity index (χ0n) is 27.4. The maximum absolute atomic E-state index is 12.6. The lowest BCUT2D eigenvalue weighted by atomic mass is 10.0. The summed E-state index contributed by atoms with van der Waals surface area (Å²) in [6.07, 6.45) is 7.97. The van der Waals surface area contributed by atoms with Gasteiger partial charge in [-0.05, 0) is 50.6 Å². The van der Waals surface area contributed by atoms with Crippen molar-refractivity contribution in [3.8, 4) is 5.75 Å². The van der Waals surface area contributed by atoms with Crippen molar-refractivity contribution in [3.05, 3.63) is 53.4 Å². The highest BCUT2D eigenvalue weighted by molar-refractivity contribution is 7.92. The van der Waals surface area contributed by atoms with Crippen LogP contribution in [0.2, 0.25) is 5.02 Å². The van der Waals surface area contributed by atoms with Crippen LogP contribution in [0.25, 0.3) is 11.0 Å². The molecule has 15 heteroatoms. The fourth-order valence-corrected chi connectivity index (χ4v) is 6.97. The number of ether oxygens (including phenoxy) is 1. The summed E-state index contributed by atoms with van der Waals surface area (Å²) >= 11 is 6.54. The normalized spacial score (nSPS) is 16.8. The Morgan fingerprint density at radius 1 is 0.979 bits per heavy atom. The van der Waals surface area contributed by atoms with Gasteiger partial charge >= 0.3 is 0 Å². The molecule has 4 heterocycles. The van der Waals surface area contributed by atoms with Gasteiger partial charge < -0.3 is 25.2 Å². The third-order valence-corrected chi connectivity index (χ3v) is 10.5. The number of sulfonamides is 1. The number of methoxy groups -OCH3 is 1. The Morgan fingerprint density at radius 3 is 2.40 bits per heavy atom. The van der Waals surface area contributed by atoms with Gasteiger partial charge in [0, 0.05) is 76.5 Å². The fourth-order valence-electron chi connectivity index (χ4n) is 6.31. The molecule has 2 aliphatic rings. The SMILES string of the molecule is COc1cc(N2CCC(N3CCN(C)CC3)CC2)c(C)cc1Nc1ncc(Cl)c(Nc2ccc3nccnc3c2N(C)S(C)(=O)=O)n1. The van der Waals surface area contributed by atoms with Gasteiger partial charge in [0.15, 0.2) is 5.82 Å². The van der Waals surface area contributed by atoms with E-state index in [2.05, 4.69) is 65.3 Å². The number of anilines is 6. The lowest BCUT2D eigenvalue weighted by molar-refractivity contribution is 0.0982. The molecular weight excluding hydrogens is 640 g/mol. The van der Waals surface area contributed by atoms with Crippen molar-refractivity contribution >= 4 is 67.2 Å². The summed E-state index contributed by atoms with van der Waals surface area (Å²) in [4.78, 5) is 25.3. The van der Waals surface area contributed by atoms with Crippen LogP contribution in [0, 0.1) is 6.92 Å². The van der Waals surface area contributed by atoms with Gasteiger partial charge in [-0.15, -0.1) is 0 Å². The second-order valence-electron chi connectivity index (χ2n) is 12.2. The van der Waals surface area contributed by atoms with E-state index in [1.54, 1.807) is 25.4 Å². The molecule has 0 amide bonds. The number of nitrogens with zero attached hydrogens (tertiary/aromatic N) is 8. The van der Waals surface area contributed by atoms with Crippen LogP contribution in [-0.4, -0.2) is 111 Å². The van der Waals surface area contributed by atoms with E-state index >= 15 is 0 Å².